The molecule has 1 atom stereocenters. The van der Waals surface area contributed by atoms with Crippen LogP contribution in [-0.2, 0) is 0 Å². The summed E-state index contributed by atoms with van der Waals surface area (Å²) in [4.78, 5) is 29.3. The molecule has 1 aliphatic rings. The summed E-state index contributed by atoms with van der Waals surface area (Å²) in [5.41, 5.74) is 1.66. The molecule has 5 heteroatoms. The molecular weight excluding hydrogens is 307 g/mol. The maximum atomic E-state index is 13.1. The Labute approximate surface area is 137 Å². The molecule has 0 unspecified atom stereocenters. The molecule has 24 heavy (non-hydrogen) atoms. The summed E-state index contributed by atoms with van der Waals surface area (Å²) in [6.45, 7) is 0.627. The summed E-state index contributed by atoms with van der Waals surface area (Å²) in [5, 5.41) is 0.729. The van der Waals surface area contributed by atoms with E-state index in [0.717, 1.165) is 17.4 Å². The molecule has 1 N–H and O–H groups in total. The van der Waals surface area contributed by atoms with Crippen molar-refractivity contribution < 1.29 is 9.18 Å². The van der Waals surface area contributed by atoms with Gasteiger partial charge in [0.1, 0.15) is 5.82 Å². The number of halogens is 1. The minimum Gasteiger partial charge on any atom is -0.331 e. The lowest BCUT2D eigenvalue weighted by Crippen LogP contribution is -2.45. The number of hydrogen-bond acceptors (Lipinski definition) is 2. The van der Waals surface area contributed by atoms with Crippen molar-refractivity contribution in [1.29, 1.82) is 0 Å². The number of fused-ring (bicyclic) bond motifs is 1. The fourth-order valence-corrected chi connectivity index (χ4v) is 3.20. The van der Waals surface area contributed by atoms with E-state index in [4.69, 9.17) is 0 Å². The van der Waals surface area contributed by atoms with Crippen LogP contribution in [0.4, 0.5) is 4.39 Å². The van der Waals surface area contributed by atoms with Gasteiger partial charge in [-0.1, -0.05) is 30.3 Å². The van der Waals surface area contributed by atoms with Crippen LogP contribution in [-0.4, -0.2) is 22.3 Å². The number of nitrogens with zero attached hydrogens (tertiary/aromatic N) is 1. The molecule has 0 aliphatic carbocycles. The van der Waals surface area contributed by atoms with Gasteiger partial charge in [-0.3, -0.25) is 9.59 Å². The summed E-state index contributed by atoms with van der Waals surface area (Å²) < 4.78 is 13.1. The number of carbonyl (C=O) groups excluding carboxylic acids is 1. The van der Waals surface area contributed by atoms with Gasteiger partial charge in [-0.25, -0.2) is 4.39 Å². The van der Waals surface area contributed by atoms with Crippen molar-refractivity contribution in [3.05, 3.63) is 81.9 Å². The van der Waals surface area contributed by atoms with E-state index in [0.29, 0.717) is 17.6 Å². The van der Waals surface area contributed by atoms with Crippen molar-refractivity contribution in [1.82, 2.24) is 9.88 Å². The number of rotatable bonds is 2. The standard InChI is InChI=1S/C19H15FN2O2/c20-13-7-5-12(6-8-13)17-9-10-22(17)19(24)15-11-18(23)21-16-4-2-1-3-14(15)16/h1-8,11,17H,9-10H2,(H,21,23)/t17-/m1/s1. The van der Waals surface area contributed by atoms with Gasteiger partial charge < -0.3 is 9.88 Å². The number of para-hydroxylation sites is 1. The predicted octanol–water partition coefficient (Wildman–Crippen LogP) is 3.25. The minimum absolute atomic E-state index is 0.0730. The lowest BCUT2D eigenvalue weighted by molar-refractivity contribution is 0.0462. The minimum atomic E-state index is -0.295. The Bertz CT molecular complexity index is 979. The van der Waals surface area contributed by atoms with E-state index in [1.54, 1.807) is 23.1 Å². The highest BCUT2D eigenvalue weighted by Crippen LogP contribution is 2.35. The molecule has 0 bridgehead atoms. The fraction of sp³-hybridized carbons (Fsp3) is 0.158. The van der Waals surface area contributed by atoms with Gasteiger partial charge in [-0.2, -0.15) is 0 Å². The van der Waals surface area contributed by atoms with Gasteiger partial charge in [0.2, 0.25) is 5.56 Å². The van der Waals surface area contributed by atoms with Crippen LogP contribution in [0.2, 0.25) is 0 Å². The van der Waals surface area contributed by atoms with Crippen LogP contribution in [0.5, 0.6) is 0 Å². The van der Waals surface area contributed by atoms with Gasteiger partial charge in [-0.05, 0) is 30.2 Å². The summed E-state index contributed by atoms with van der Waals surface area (Å²) in [6.07, 6.45) is 0.832. The molecule has 1 saturated heterocycles. The number of aromatic nitrogens is 1. The largest absolute Gasteiger partial charge is 0.331 e. The first-order valence-corrected chi connectivity index (χ1v) is 7.82. The Morgan fingerprint density at radius 3 is 2.58 bits per heavy atom. The van der Waals surface area contributed by atoms with Crippen LogP contribution in [0.1, 0.15) is 28.4 Å². The van der Waals surface area contributed by atoms with Gasteiger partial charge in [-0.15, -0.1) is 0 Å². The second kappa shape index (κ2) is 5.60. The first kappa shape index (κ1) is 14.6. The lowest BCUT2D eigenvalue weighted by Gasteiger charge is -2.41. The number of carbonyl (C=O) groups is 1. The van der Waals surface area contributed by atoms with Crippen LogP contribution in [0.3, 0.4) is 0 Å². The SMILES string of the molecule is O=C(c1cc(=O)[nH]c2ccccc12)N1CC[C@@H]1c1ccc(F)cc1. The topological polar surface area (TPSA) is 53.2 Å². The first-order valence-electron chi connectivity index (χ1n) is 7.82. The average Bonchev–Trinajstić information content (AvgIpc) is 2.55. The fourth-order valence-electron chi connectivity index (χ4n) is 3.20. The Hall–Kier alpha value is -2.95. The number of aromatic amines is 1. The maximum absolute atomic E-state index is 13.1. The molecular formula is C19H15FN2O2. The lowest BCUT2D eigenvalue weighted by atomic mass is 9.93. The van der Waals surface area contributed by atoms with E-state index in [-0.39, 0.29) is 23.3 Å². The van der Waals surface area contributed by atoms with Gasteiger partial charge in [0.05, 0.1) is 11.6 Å². The molecule has 1 aliphatic heterocycles. The van der Waals surface area contributed by atoms with E-state index in [2.05, 4.69) is 4.98 Å². The highest BCUT2D eigenvalue weighted by molar-refractivity contribution is 6.06. The highest BCUT2D eigenvalue weighted by atomic mass is 19.1. The third-order valence-electron chi connectivity index (χ3n) is 4.52. The molecule has 0 radical (unpaired) electrons. The van der Waals surface area contributed by atoms with E-state index >= 15 is 0 Å². The zero-order chi connectivity index (χ0) is 16.7. The summed E-state index contributed by atoms with van der Waals surface area (Å²) >= 11 is 0. The van der Waals surface area contributed by atoms with Crippen LogP contribution >= 0.6 is 0 Å². The molecule has 3 aromatic rings. The molecule has 1 aromatic heterocycles. The number of nitrogens with one attached hydrogen (secondary N) is 1. The Balaban J connectivity index is 1.72. The summed E-state index contributed by atoms with van der Waals surface area (Å²) in [6, 6.07) is 14.7. The van der Waals surface area contributed by atoms with Gasteiger partial charge in [0.15, 0.2) is 0 Å². The predicted molar refractivity (Wildman–Crippen MR) is 89.4 cm³/mol. The Morgan fingerprint density at radius 2 is 1.88 bits per heavy atom. The highest BCUT2D eigenvalue weighted by Gasteiger charge is 2.34. The number of likely N-dealkylation sites (tertiary alicyclic amines) is 1. The third-order valence-corrected chi connectivity index (χ3v) is 4.52. The molecule has 0 saturated carbocycles. The Morgan fingerprint density at radius 1 is 1.12 bits per heavy atom. The maximum Gasteiger partial charge on any atom is 0.255 e. The quantitative estimate of drug-likeness (QED) is 0.787. The number of H-pyrrole nitrogens is 1. The van der Waals surface area contributed by atoms with E-state index in [9.17, 15) is 14.0 Å². The second-order valence-corrected chi connectivity index (χ2v) is 5.95. The van der Waals surface area contributed by atoms with Gasteiger partial charge >= 0.3 is 0 Å². The smallest absolute Gasteiger partial charge is 0.255 e. The molecule has 0 spiro atoms. The average molecular weight is 322 g/mol. The third kappa shape index (κ3) is 2.38. The second-order valence-electron chi connectivity index (χ2n) is 5.95. The number of hydrogen-bond donors (Lipinski definition) is 1. The molecule has 1 fully saturated rings. The van der Waals surface area contributed by atoms with Crippen LogP contribution in [0, 0.1) is 5.82 Å². The van der Waals surface area contributed by atoms with Crippen LogP contribution in [0.15, 0.2) is 59.4 Å². The van der Waals surface area contributed by atoms with E-state index < -0.39 is 0 Å². The van der Waals surface area contributed by atoms with Crippen molar-refractivity contribution in [2.75, 3.05) is 6.54 Å². The van der Waals surface area contributed by atoms with Crippen molar-refractivity contribution in [3.8, 4) is 0 Å². The summed E-state index contributed by atoms with van der Waals surface area (Å²) in [7, 11) is 0. The van der Waals surface area contributed by atoms with Crippen LogP contribution < -0.4 is 5.56 Å². The van der Waals surface area contributed by atoms with Crippen molar-refractivity contribution >= 4 is 16.8 Å². The number of benzene rings is 2. The zero-order valence-corrected chi connectivity index (χ0v) is 12.8. The van der Waals surface area contributed by atoms with E-state index in [1.807, 2.05) is 18.2 Å². The van der Waals surface area contributed by atoms with Gasteiger partial charge in [0, 0.05) is 23.5 Å². The molecule has 120 valence electrons. The molecule has 2 aromatic carbocycles. The molecule has 4 nitrogen and oxygen atoms in total. The normalized spacial score (nSPS) is 16.9. The van der Waals surface area contributed by atoms with Crippen molar-refractivity contribution in [2.24, 2.45) is 0 Å². The number of amides is 1. The molecule has 1 amide bonds. The summed E-state index contributed by atoms with van der Waals surface area (Å²) in [5.74, 6) is -0.464. The van der Waals surface area contributed by atoms with Gasteiger partial charge in [0.25, 0.3) is 5.91 Å². The first-order chi connectivity index (χ1) is 11.6. The van der Waals surface area contributed by atoms with Crippen LogP contribution in [0.25, 0.3) is 10.9 Å². The zero-order valence-electron chi connectivity index (χ0n) is 12.8. The monoisotopic (exact) mass is 322 g/mol. The Kier molecular flexibility index (Phi) is 3.41. The number of pyridine rings is 1. The van der Waals surface area contributed by atoms with E-state index in [1.165, 1.54) is 18.2 Å². The van der Waals surface area contributed by atoms with Crippen molar-refractivity contribution in [3.63, 3.8) is 0 Å². The molecule has 4 rings (SSSR count). The van der Waals surface area contributed by atoms with Crippen molar-refractivity contribution in [2.45, 2.75) is 12.5 Å². The molecule has 2 heterocycles.